The third kappa shape index (κ3) is 3.07. The second-order valence-corrected chi connectivity index (χ2v) is 7.86. The number of rotatable bonds is 4. The van der Waals surface area contributed by atoms with E-state index in [2.05, 4.69) is 22.5 Å². The van der Waals surface area contributed by atoms with Crippen LogP contribution >= 0.6 is 34.4 Å². The minimum absolute atomic E-state index is 0.235. The molecule has 0 N–H and O–H groups in total. The van der Waals surface area contributed by atoms with Gasteiger partial charge in [-0.15, -0.1) is 22.7 Å². The largest absolute Gasteiger partial charge is 0.334 e. The van der Waals surface area contributed by atoms with Crippen molar-refractivity contribution in [2.75, 3.05) is 12.3 Å². The Morgan fingerprint density at radius 3 is 3.15 bits per heavy atom. The van der Waals surface area contributed by atoms with Crippen LogP contribution in [0.5, 0.6) is 0 Å². The summed E-state index contributed by atoms with van der Waals surface area (Å²) >= 11 is 4.92. The smallest absolute Gasteiger partial charge is 0.233 e. The number of hydrogen-bond acceptors (Lipinski definition) is 5. The number of aromatic nitrogens is 1. The fraction of sp³-hybridized carbons (Fsp3) is 0.429. The van der Waals surface area contributed by atoms with Gasteiger partial charge in [0.1, 0.15) is 0 Å². The third-order valence-electron chi connectivity index (χ3n) is 3.36. The van der Waals surface area contributed by atoms with Crippen molar-refractivity contribution in [1.82, 2.24) is 9.88 Å². The van der Waals surface area contributed by atoms with Crippen LogP contribution < -0.4 is 0 Å². The summed E-state index contributed by atoms with van der Waals surface area (Å²) in [4.78, 5) is 20.2. The molecule has 2 aromatic rings. The zero-order valence-corrected chi connectivity index (χ0v) is 13.7. The van der Waals surface area contributed by atoms with Crippen LogP contribution in [-0.4, -0.2) is 28.1 Å². The van der Waals surface area contributed by atoms with Crippen molar-refractivity contribution in [3.05, 3.63) is 33.5 Å². The van der Waals surface area contributed by atoms with Crippen molar-refractivity contribution in [2.45, 2.75) is 30.1 Å². The molecule has 0 aromatic carbocycles. The summed E-state index contributed by atoms with van der Waals surface area (Å²) < 4.78 is 0.989. The number of hydrogen-bond donors (Lipinski definition) is 0. The molecule has 2 aromatic heterocycles. The number of likely N-dealkylation sites (tertiary alicyclic amines) is 1. The minimum Gasteiger partial charge on any atom is -0.334 e. The highest BCUT2D eigenvalue weighted by Gasteiger charge is 2.30. The van der Waals surface area contributed by atoms with Crippen molar-refractivity contribution in [1.29, 1.82) is 0 Å². The Bertz CT molecular complexity index is 579. The molecular formula is C14H16N2OS3. The predicted molar refractivity (Wildman–Crippen MR) is 85.6 cm³/mol. The van der Waals surface area contributed by atoms with Gasteiger partial charge in [-0.05, 0) is 31.2 Å². The van der Waals surface area contributed by atoms with E-state index >= 15 is 0 Å². The molecule has 1 fully saturated rings. The summed E-state index contributed by atoms with van der Waals surface area (Å²) in [5, 5.41) is 4.11. The summed E-state index contributed by atoms with van der Waals surface area (Å²) in [5.41, 5.74) is 1.03. The van der Waals surface area contributed by atoms with Crippen LogP contribution in [0.1, 0.15) is 29.5 Å². The number of thiophene rings is 1. The van der Waals surface area contributed by atoms with Gasteiger partial charge in [-0.3, -0.25) is 4.79 Å². The van der Waals surface area contributed by atoms with Crippen LogP contribution in [0.4, 0.5) is 0 Å². The SMILES string of the molecule is Cc1csc(SCC(=O)N2CCCC2c2cccs2)n1. The number of thiazole rings is 1. The van der Waals surface area contributed by atoms with Gasteiger partial charge in [0.2, 0.25) is 5.91 Å². The van der Waals surface area contributed by atoms with Crippen LogP contribution in [-0.2, 0) is 4.79 Å². The lowest BCUT2D eigenvalue weighted by atomic mass is 10.2. The van der Waals surface area contributed by atoms with Crippen LogP contribution in [0.3, 0.4) is 0 Å². The van der Waals surface area contributed by atoms with Gasteiger partial charge in [0.05, 0.1) is 11.8 Å². The second kappa shape index (κ2) is 6.28. The van der Waals surface area contributed by atoms with E-state index < -0.39 is 0 Å². The molecular weight excluding hydrogens is 308 g/mol. The first-order valence-corrected chi connectivity index (χ1v) is 9.36. The van der Waals surface area contributed by atoms with E-state index in [1.807, 2.05) is 17.2 Å². The number of nitrogens with zero attached hydrogens (tertiary/aromatic N) is 2. The Balaban J connectivity index is 1.61. The third-order valence-corrected chi connectivity index (χ3v) is 6.46. The summed E-state index contributed by atoms with van der Waals surface area (Å²) in [5.74, 6) is 0.730. The molecule has 1 aliphatic rings. The zero-order chi connectivity index (χ0) is 13.9. The molecule has 1 unspecified atom stereocenters. The highest BCUT2D eigenvalue weighted by Crippen LogP contribution is 2.35. The fourth-order valence-corrected chi connectivity index (χ4v) is 5.06. The van der Waals surface area contributed by atoms with Crippen molar-refractivity contribution in [2.24, 2.45) is 0 Å². The summed E-state index contributed by atoms with van der Waals surface area (Å²) in [6.07, 6.45) is 2.20. The topological polar surface area (TPSA) is 33.2 Å². The van der Waals surface area contributed by atoms with E-state index in [0.717, 1.165) is 29.4 Å². The molecule has 0 aliphatic carbocycles. The maximum absolute atomic E-state index is 12.4. The molecule has 20 heavy (non-hydrogen) atoms. The highest BCUT2D eigenvalue weighted by molar-refractivity contribution is 8.01. The van der Waals surface area contributed by atoms with Crippen LogP contribution in [0, 0.1) is 6.92 Å². The lowest BCUT2D eigenvalue weighted by Crippen LogP contribution is -2.31. The molecule has 1 amide bonds. The molecule has 0 radical (unpaired) electrons. The normalized spacial score (nSPS) is 18.6. The van der Waals surface area contributed by atoms with Gasteiger partial charge in [-0.25, -0.2) is 4.98 Å². The standard InChI is InChI=1S/C14H16N2OS3/c1-10-8-19-14(15-10)20-9-13(17)16-6-2-4-11(16)12-5-3-7-18-12/h3,5,7-8,11H,2,4,6,9H2,1H3. The molecule has 0 saturated carbocycles. The molecule has 3 nitrogen and oxygen atoms in total. The molecule has 1 atom stereocenters. The Morgan fingerprint density at radius 2 is 2.45 bits per heavy atom. The number of thioether (sulfide) groups is 1. The lowest BCUT2D eigenvalue weighted by Gasteiger charge is -2.23. The molecule has 3 heterocycles. The van der Waals surface area contributed by atoms with Crippen LogP contribution in [0.15, 0.2) is 27.2 Å². The predicted octanol–water partition coefficient (Wildman–Crippen LogP) is 3.97. The number of carbonyl (C=O) groups is 1. The molecule has 1 aliphatic heterocycles. The Hall–Kier alpha value is -0.850. The van der Waals surface area contributed by atoms with Gasteiger partial charge in [0, 0.05) is 22.5 Å². The molecule has 1 saturated heterocycles. The number of amides is 1. The van der Waals surface area contributed by atoms with E-state index in [0.29, 0.717) is 11.8 Å². The van der Waals surface area contributed by atoms with Gasteiger partial charge < -0.3 is 4.90 Å². The lowest BCUT2D eigenvalue weighted by molar-refractivity contribution is -0.129. The average Bonchev–Trinajstić information content (AvgIpc) is 3.16. The van der Waals surface area contributed by atoms with E-state index in [4.69, 9.17) is 0 Å². The molecule has 0 bridgehead atoms. The van der Waals surface area contributed by atoms with Crippen molar-refractivity contribution in [3.8, 4) is 0 Å². The molecule has 6 heteroatoms. The second-order valence-electron chi connectivity index (χ2n) is 4.80. The Labute approximate surface area is 131 Å². The first-order chi connectivity index (χ1) is 9.74. The van der Waals surface area contributed by atoms with Crippen molar-refractivity contribution >= 4 is 40.3 Å². The average molecular weight is 324 g/mol. The highest BCUT2D eigenvalue weighted by atomic mass is 32.2. The monoisotopic (exact) mass is 324 g/mol. The first-order valence-electron chi connectivity index (χ1n) is 6.62. The van der Waals surface area contributed by atoms with Crippen molar-refractivity contribution < 1.29 is 4.79 Å². The molecule has 0 spiro atoms. The molecule has 3 rings (SSSR count). The van der Waals surface area contributed by atoms with Gasteiger partial charge in [0.25, 0.3) is 0 Å². The van der Waals surface area contributed by atoms with E-state index in [1.165, 1.54) is 4.88 Å². The Morgan fingerprint density at radius 1 is 1.55 bits per heavy atom. The van der Waals surface area contributed by atoms with Gasteiger partial charge in [0.15, 0.2) is 4.34 Å². The van der Waals surface area contributed by atoms with Crippen LogP contribution in [0.2, 0.25) is 0 Å². The zero-order valence-electron chi connectivity index (χ0n) is 11.2. The van der Waals surface area contributed by atoms with E-state index in [9.17, 15) is 4.79 Å². The van der Waals surface area contributed by atoms with Gasteiger partial charge in [-0.2, -0.15) is 0 Å². The quantitative estimate of drug-likeness (QED) is 0.798. The van der Waals surface area contributed by atoms with E-state index in [1.54, 1.807) is 34.4 Å². The fourth-order valence-electron chi connectivity index (χ4n) is 2.45. The number of aryl methyl sites for hydroxylation is 1. The molecule has 106 valence electrons. The maximum atomic E-state index is 12.4. The number of carbonyl (C=O) groups excluding carboxylic acids is 1. The van der Waals surface area contributed by atoms with Crippen LogP contribution in [0.25, 0.3) is 0 Å². The van der Waals surface area contributed by atoms with Crippen molar-refractivity contribution in [3.63, 3.8) is 0 Å². The summed E-state index contributed by atoms with van der Waals surface area (Å²) in [7, 11) is 0. The van der Waals surface area contributed by atoms with Gasteiger partial charge >= 0.3 is 0 Å². The summed E-state index contributed by atoms with van der Waals surface area (Å²) in [6, 6.07) is 4.49. The summed E-state index contributed by atoms with van der Waals surface area (Å²) in [6.45, 7) is 2.87. The maximum Gasteiger partial charge on any atom is 0.233 e. The Kier molecular flexibility index (Phi) is 4.43. The first kappa shape index (κ1) is 14.1. The van der Waals surface area contributed by atoms with E-state index in [-0.39, 0.29) is 5.91 Å². The minimum atomic E-state index is 0.235. The van der Waals surface area contributed by atoms with Gasteiger partial charge in [-0.1, -0.05) is 17.8 Å².